The van der Waals surface area contributed by atoms with Crippen molar-refractivity contribution >= 4 is 11.6 Å². The topological polar surface area (TPSA) is 36.7 Å². The molecule has 0 aromatic carbocycles. The van der Waals surface area contributed by atoms with Crippen molar-refractivity contribution in [3.05, 3.63) is 28.0 Å². The van der Waals surface area contributed by atoms with Crippen LogP contribution in [0, 0.1) is 11.3 Å². The monoisotopic (exact) mass is 256 g/mol. The molecular weight excluding hydrogens is 255 g/mol. The van der Waals surface area contributed by atoms with E-state index in [0.29, 0.717) is 0 Å². The van der Waals surface area contributed by atoms with Gasteiger partial charge in [0.25, 0.3) is 6.43 Å². The average molecular weight is 257 g/mol. The van der Waals surface area contributed by atoms with Crippen LogP contribution in [-0.4, -0.2) is 4.98 Å². The van der Waals surface area contributed by atoms with E-state index >= 15 is 0 Å². The molecule has 1 aromatic rings. The summed E-state index contributed by atoms with van der Waals surface area (Å²) in [5.74, 6) is 0. The Bertz CT molecular complexity index is 449. The summed E-state index contributed by atoms with van der Waals surface area (Å²) in [6.45, 7) is 0. The van der Waals surface area contributed by atoms with Gasteiger partial charge in [0.15, 0.2) is 0 Å². The highest BCUT2D eigenvalue weighted by Crippen LogP contribution is 2.36. The Hall–Kier alpha value is -1.42. The van der Waals surface area contributed by atoms with Gasteiger partial charge < -0.3 is 0 Å². The molecule has 0 bridgehead atoms. The quantitative estimate of drug-likeness (QED) is 0.569. The molecule has 0 unspecified atom stereocenters. The predicted molar refractivity (Wildman–Crippen MR) is 43.9 cm³/mol. The van der Waals surface area contributed by atoms with E-state index in [1.165, 1.54) is 6.07 Å². The third-order valence-electron chi connectivity index (χ3n) is 1.64. The third-order valence-corrected chi connectivity index (χ3v) is 1.91. The second-order valence-corrected chi connectivity index (χ2v) is 3.03. The van der Waals surface area contributed by atoms with Crippen LogP contribution in [0.4, 0.5) is 22.0 Å². The van der Waals surface area contributed by atoms with Crippen LogP contribution in [0.2, 0.25) is 5.15 Å². The second-order valence-electron chi connectivity index (χ2n) is 2.67. The first-order chi connectivity index (χ1) is 7.27. The lowest BCUT2D eigenvalue weighted by Gasteiger charge is -2.11. The lowest BCUT2D eigenvalue weighted by atomic mass is 10.1. The number of alkyl halides is 5. The van der Waals surface area contributed by atoms with E-state index in [4.69, 9.17) is 16.9 Å². The number of nitrogens with zero attached hydrogens (tertiary/aromatic N) is 2. The molecule has 8 heteroatoms. The molecule has 0 amide bonds. The van der Waals surface area contributed by atoms with Crippen molar-refractivity contribution in [2.45, 2.75) is 12.6 Å². The second kappa shape index (κ2) is 4.22. The fraction of sp³-hybridized carbons (Fsp3) is 0.250. The summed E-state index contributed by atoms with van der Waals surface area (Å²) in [6, 6.07) is 1.30. The highest BCUT2D eigenvalue weighted by atomic mass is 35.5. The zero-order valence-corrected chi connectivity index (χ0v) is 8.07. The van der Waals surface area contributed by atoms with E-state index in [1.807, 2.05) is 0 Å². The fourth-order valence-electron chi connectivity index (χ4n) is 0.974. The summed E-state index contributed by atoms with van der Waals surface area (Å²) >= 11 is 5.22. The number of nitriles is 1. The Balaban J connectivity index is 3.51. The number of pyridine rings is 1. The van der Waals surface area contributed by atoms with Crippen molar-refractivity contribution in [2.24, 2.45) is 0 Å². The standard InChI is InChI=1S/C8H2ClF5N2/c9-6-3(2-15)4(8(12,13)14)1-5(16-6)7(10)11/h1,7H. The van der Waals surface area contributed by atoms with Crippen LogP contribution >= 0.6 is 11.6 Å². The van der Waals surface area contributed by atoms with Gasteiger partial charge in [-0.05, 0) is 6.07 Å². The Morgan fingerprint density at radius 3 is 2.31 bits per heavy atom. The molecule has 0 saturated carbocycles. The molecule has 0 aliphatic carbocycles. The molecule has 86 valence electrons. The van der Waals surface area contributed by atoms with Gasteiger partial charge in [0.05, 0.1) is 5.56 Å². The number of hydrogen-bond donors (Lipinski definition) is 0. The normalized spacial score (nSPS) is 11.6. The lowest BCUT2D eigenvalue weighted by Crippen LogP contribution is -2.10. The number of rotatable bonds is 1. The average Bonchev–Trinajstić information content (AvgIpc) is 2.14. The largest absolute Gasteiger partial charge is 0.417 e. The van der Waals surface area contributed by atoms with Gasteiger partial charge in [-0.3, -0.25) is 0 Å². The predicted octanol–water partition coefficient (Wildman–Crippen LogP) is 3.56. The van der Waals surface area contributed by atoms with Crippen molar-refractivity contribution in [3.8, 4) is 6.07 Å². The summed E-state index contributed by atoms with van der Waals surface area (Å²) in [5, 5.41) is 7.55. The van der Waals surface area contributed by atoms with Crippen LogP contribution in [0.1, 0.15) is 23.2 Å². The SMILES string of the molecule is N#Cc1c(C(F)(F)F)cc(C(F)F)nc1Cl. The van der Waals surface area contributed by atoms with Crippen molar-refractivity contribution in [3.63, 3.8) is 0 Å². The summed E-state index contributed by atoms with van der Waals surface area (Å²) in [7, 11) is 0. The van der Waals surface area contributed by atoms with E-state index in [-0.39, 0.29) is 6.07 Å². The highest BCUT2D eigenvalue weighted by Gasteiger charge is 2.36. The molecule has 1 rings (SSSR count). The summed E-state index contributed by atoms with van der Waals surface area (Å²) in [6.07, 6.45) is -8.12. The van der Waals surface area contributed by atoms with Crippen molar-refractivity contribution in [1.29, 1.82) is 5.26 Å². The summed E-state index contributed by atoms with van der Waals surface area (Å²) < 4.78 is 61.5. The van der Waals surface area contributed by atoms with Gasteiger partial charge in [-0.25, -0.2) is 13.8 Å². The molecular formula is C8H2ClF5N2. The van der Waals surface area contributed by atoms with Crippen LogP contribution in [0.5, 0.6) is 0 Å². The minimum Gasteiger partial charge on any atom is -0.234 e. The maximum Gasteiger partial charge on any atom is 0.417 e. The minimum absolute atomic E-state index is 0.120. The molecule has 0 radical (unpaired) electrons. The zero-order chi connectivity index (χ0) is 12.5. The maximum atomic E-state index is 12.4. The molecule has 1 aromatic heterocycles. The molecule has 0 atom stereocenters. The molecule has 0 N–H and O–H groups in total. The minimum atomic E-state index is -4.93. The first-order valence-electron chi connectivity index (χ1n) is 3.73. The van der Waals surface area contributed by atoms with Gasteiger partial charge in [0.2, 0.25) is 0 Å². The van der Waals surface area contributed by atoms with Crippen LogP contribution < -0.4 is 0 Å². The molecule has 0 spiro atoms. The van der Waals surface area contributed by atoms with Crippen LogP contribution in [0.3, 0.4) is 0 Å². The summed E-state index contributed by atoms with van der Waals surface area (Å²) in [4.78, 5) is 3.01. The van der Waals surface area contributed by atoms with E-state index < -0.39 is 34.6 Å². The fourth-order valence-corrected chi connectivity index (χ4v) is 1.22. The molecule has 0 fully saturated rings. The van der Waals surface area contributed by atoms with Crippen LogP contribution in [0.25, 0.3) is 0 Å². The first-order valence-corrected chi connectivity index (χ1v) is 4.11. The van der Waals surface area contributed by atoms with Gasteiger partial charge in [-0.15, -0.1) is 0 Å². The summed E-state index contributed by atoms with van der Waals surface area (Å²) in [5.41, 5.74) is -3.58. The molecule has 0 aliphatic heterocycles. The Morgan fingerprint density at radius 2 is 1.94 bits per heavy atom. The zero-order valence-electron chi connectivity index (χ0n) is 7.32. The van der Waals surface area contributed by atoms with Gasteiger partial charge in [0, 0.05) is 0 Å². The van der Waals surface area contributed by atoms with Gasteiger partial charge in [-0.2, -0.15) is 18.4 Å². The van der Waals surface area contributed by atoms with E-state index in [1.54, 1.807) is 0 Å². The molecule has 0 saturated heterocycles. The van der Waals surface area contributed by atoms with Crippen molar-refractivity contribution in [2.75, 3.05) is 0 Å². The van der Waals surface area contributed by atoms with E-state index in [2.05, 4.69) is 4.98 Å². The number of hydrogen-bond acceptors (Lipinski definition) is 2. The van der Waals surface area contributed by atoms with Crippen molar-refractivity contribution in [1.82, 2.24) is 4.98 Å². The van der Waals surface area contributed by atoms with E-state index in [0.717, 1.165) is 0 Å². The molecule has 1 heterocycles. The molecule has 2 nitrogen and oxygen atoms in total. The van der Waals surface area contributed by atoms with E-state index in [9.17, 15) is 22.0 Å². The van der Waals surface area contributed by atoms with Crippen LogP contribution in [-0.2, 0) is 6.18 Å². The molecule has 0 aliphatic rings. The first kappa shape index (κ1) is 12.6. The highest BCUT2D eigenvalue weighted by molar-refractivity contribution is 6.30. The number of aromatic nitrogens is 1. The maximum absolute atomic E-state index is 12.4. The van der Waals surface area contributed by atoms with Gasteiger partial charge in [-0.1, -0.05) is 11.6 Å². The third kappa shape index (κ3) is 2.39. The van der Waals surface area contributed by atoms with Gasteiger partial charge in [0.1, 0.15) is 22.5 Å². The Kier molecular flexibility index (Phi) is 3.33. The number of halogens is 6. The van der Waals surface area contributed by atoms with Gasteiger partial charge >= 0.3 is 6.18 Å². The Morgan fingerprint density at radius 1 is 1.38 bits per heavy atom. The lowest BCUT2D eigenvalue weighted by molar-refractivity contribution is -0.138. The molecule has 16 heavy (non-hydrogen) atoms. The Labute approximate surface area is 91.3 Å². The van der Waals surface area contributed by atoms with Crippen LogP contribution in [0.15, 0.2) is 6.07 Å². The smallest absolute Gasteiger partial charge is 0.234 e. The van der Waals surface area contributed by atoms with Crippen molar-refractivity contribution < 1.29 is 22.0 Å².